The fraction of sp³-hybridized carbons (Fsp3) is 0.200. The van der Waals surface area contributed by atoms with Crippen LogP contribution in [0.2, 0.25) is 0 Å². The number of sulfonamides is 1. The van der Waals surface area contributed by atoms with Crippen LogP contribution in [-0.2, 0) is 10.0 Å². The Balaban J connectivity index is 2.35. The molecule has 0 radical (unpaired) electrons. The molecular formula is C10H13N5O2S. The molecule has 2 rings (SSSR count). The fourth-order valence-electron chi connectivity index (χ4n) is 1.45. The summed E-state index contributed by atoms with van der Waals surface area (Å²) >= 11 is 0. The van der Waals surface area contributed by atoms with Crippen LogP contribution >= 0.6 is 0 Å². The van der Waals surface area contributed by atoms with Crippen molar-refractivity contribution in [1.82, 2.24) is 15.2 Å². The third kappa shape index (κ3) is 2.59. The predicted molar refractivity (Wildman–Crippen MR) is 67.8 cm³/mol. The van der Waals surface area contributed by atoms with E-state index in [1.165, 1.54) is 24.8 Å². The average molecular weight is 267 g/mol. The average Bonchev–Trinajstić information content (AvgIpc) is 2.82. The maximum atomic E-state index is 12.2. The molecule has 0 saturated heterocycles. The van der Waals surface area contributed by atoms with Crippen LogP contribution < -0.4 is 10.0 Å². The Labute approximate surface area is 105 Å². The minimum atomic E-state index is -3.67. The van der Waals surface area contributed by atoms with Crippen LogP contribution in [0.5, 0.6) is 0 Å². The third-order valence-electron chi connectivity index (χ3n) is 2.19. The van der Waals surface area contributed by atoms with Gasteiger partial charge in [0.25, 0.3) is 10.0 Å². The second-order valence-corrected chi connectivity index (χ2v) is 5.15. The largest absolute Gasteiger partial charge is 0.384 e. The second-order valence-electron chi connectivity index (χ2n) is 3.49. The van der Waals surface area contributed by atoms with Crippen LogP contribution in [0.15, 0.2) is 35.7 Å². The highest BCUT2D eigenvalue weighted by Crippen LogP contribution is 2.21. The van der Waals surface area contributed by atoms with Gasteiger partial charge in [0.2, 0.25) is 0 Å². The molecular weight excluding hydrogens is 254 g/mol. The number of H-pyrrole nitrogens is 1. The van der Waals surface area contributed by atoms with Gasteiger partial charge in [0.1, 0.15) is 4.90 Å². The lowest BCUT2D eigenvalue weighted by atomic mass is 10.4. The maximum absolute atomic E-state index is 12.2. The standard InChI is InChI=1S/C10H13N5O2S/c1-2-12-9-3-4-11-7-10(9)18(16,17)15-8-5-13-14-6-8/h3-7,15H,2H2,1H3,(H,11,12)(H,13,14). The van der Waals surface area contributed by atoms with Crippen LogP contribution in [0.3, 0.4) is 0 Å². The summed E-state index contributed by atoms with van der Waals surface area (Å²) in [5.41, 5.74) is 0.893. The summed E-state index contributed by atoms with van der Waals surface area (Å²) in [6, 6.07) is 1.62. The van der Waals surface area contributed by atoms with Gasteiger partial charge in [-0.1, -0.05) is 0 Å². The molecule has 18 heavy (non-hydrogen) atoms. The van der Waals surface area contributed by atoms with Gasteiger partial charge in [0.05, 0.1) is 17.6 Å². The van der Waals surface area contributed by atoms with E-state index in [1.807, 2.05) is 6.92 Å². The van der Waals surface area contributed by atoms with Crippen LogP contribution in [0.25, 0.3) is 0 Å². The summed E-state index contributed by atoms with van der Waals surface area (Å²) in [6.07, 6.45) is 5.69. The molecule has 96 valence electrons. The number of aromatic nitrogens is 3. The van der Waals surface area contributed by atoms with Crippen LogP contribution in [0.4, 0.5) is 11.4 Å². The van der Waals surface area contributed by atoms with Gasteiger partial charge >= 0.3 is 0 Å². The lowest BCUT2D eigenvalue weighted by Crippen LogP contribution is -2.15. The van der Waals surface area contributed by atoms with E-state index in [4.69, 9.17) is 0 Å². The van der Waals surface area contributed by atoms with Crippen molar-refractivity contribution in [3.8, 4) is 0 Å². The van der Waals surface area contributed by atoms with Crippen LogP contribution in [0, 0.1) is 0 Å². The van der Waals surface area contributed by atoms with Gasteiger partial charge in [0, 0.05) is 25.1 Å². The highest BCUT2D eigenvalue weighted by Gasteiger charge is 2.19. The fourth-order valence-corrected chi connectivity index (χ4v) is 2.61. The minimum Gasteiger partial charge on any atom is -0.384 e. The molecule has 2 aromatic rings. The van der Waals surface area contributed by atoms with E-state index in [9.17, 15) is 8.42 Å². The number of nitrogens with zero attached hydrogens (tertiary/aromatic N) is 2. The van der Waals surface area contributed by atoms with Crippen molar-refractivity contribution in [1.29, 1.82) is 0 Å². The van der Waals surface area contributed by atoms with Crippen LogP contribution in [0.1, 0.15) is 6.92 Å². The number of rotatable bonds is 5. The zero-order valence-electron chi connectivity index (χ0n) is 9.71. The van der Waals surface area contributed by atoms with E-state index in [2.05, 4.69) is 25.2 Å². The number of hydrogen-bond acceptors (Lipinski definition) is 5. The Morgan fingerprint density at radius 3 is 2.89 bits per heavy atom. The predicted octanol–water partition coefficient (Wildman–Crippen LogP) is 1.04. The molecule has 0 fully saturated rings. The number of pyridine rings is 1. The van der Waals surface area contributed by atoms with Crippen LogP contribution in [-0.4, -0.2) is 30.1 Å². The molecule has 2 heterocycles. The van der Waals surface area contributed by atoms with Crippen molar-refractivity contribution in [2.45, 2.75) is 11.8 Å². The summed E-state index contributed by atoms with van der Waals surface area (Å²) < 4.78 is 26.7. The second kappa shape index (κ2) is 5.05. The molecule has 0 aliphatic rings. The van der Waals surface area contributed by atoms with Crippen molar-refractivity contribution in [2.24, 2.45) is 0 Å². The summed E-state index contributed by atoms with van der Waals surface area (Å²) in [7, 11) is -3.67. The zero-order chi connectivity index (χ0) is 13.0. The molecule has 3 N–H and O–H groups in total. The van der Waals surface area contributed by atoms with Crippen molar-refractivity contribution >= 4 is 21.4 Å². The first-order valence-electron chi connectivity index (χ1n) is 5.33. The van der Waals surface area contributed by atoms with Gasteiger partial charge in [0.15, 0.2) is 0 Å². The molecule has 0 bridgehead atoms. The molecule has 0 saturated carbocycles. The molecule has 8 heteroatoms. The van der Waals surface area contributed by atoms with Gasteiger partial charge in [-0.3, -0.25) is 14.8 Å². The van der Waals surface area contributed by atoms with Gasteiger partial charge in [-0.2, -0.15) is 5.10 Å². The van der Waals surface area contributed by atoms with Gasteiger partial charge in [-0.15, -0.1) is 0 Å². The Hall–Kier alpha value is -2.09. The Kier molecular flexibility index (Phi) is 3.47. The summed E-state index contributed by atoms with van der Waals surface area (Å²) in [6.45, 7) is 2.51. The first kappa shape index (κ1) is 12.4. The third-order valence-corrected chi connectivity index (χ3v) is 3.60. The molecule has 0 spiro atoms. The minimum absolute atomic E-state index is 0.105. The van der Waals surface area contributed by atoms with Crippen molar-refractivity contribution in [2.75, 3.05) is 16.6 Å². The van der Waals surface area contributed by atoms with Crippen molar-refractivity contribution in [3.63, 3.8) is 0 Å². The molecule has 0 aliphatic carbocycles. The number of nitrogens with one attached hydrogen (secondary N) is 3. The van der Waals surface area contributed by atoms with Crippen molar-refractivity contribution in [3.05, 3.63) is 30.9 Å². The van der Waals surface area contributed by atoms with Gasteiger partial charge in [-0.05, 0) is 13.0 Å². The summed E-state index contributed by atoms with van der Waals surface area (Å²) in [5.74, 6) is 0. The topological polar surface area (TPSA) is 99.8 Å². The maximum Gasteiger partial charge on any atom is 0.265 e. The molecule has 0 atom stereocenters. The lowest BCUT2D eigenvalue weighted by molar-refractivity contribution is 0.601. The summed E-state index contributed by atoms with van der Waals surface area (Å²) in [5, 5.41) is 9.19. The molecule has 0 unspecified atom stereocenters. The van der Waals surface area contributed by atoms with Gasteiger partial charge < -0.3 is 5.32 Å². The first-order valence-corrected chi connectivity index (χ1v) is 6.81. The highest BCUT2D eigenvalue weighted by atomic mass is 32.2. The Bertz CT molecular complexity index is 609. The molecule has 0 aliphatic heterocycles. The molecule has 0 amide bonds. The van der Waals surface area contributed by atoms with E-state index in [0.717, 1.165) is 0 Å². The monoisotopic (exact) mass is 267 g/mol. The SMILES string of the molecule is CCNc1ccncc1S(=O)(=O)Nc1cn[nH]c1. The van der Waals surface area contributed by atoms with Gasteiger partial charge in [-0.25, -0.2) is 8.42 Å². The Morgan fingerprint density at radius 1 is 1.39 bits per heavy atom. The van der Waals surface area contributed by atoms with E-state index >= 15 is 0 Å². The smallest absolute Gasteiger partial charge is 0.265 e. The number of anilines is 2. The first-order chi connectivity index (χ1) is 8.63. The summed E-state index contributed by atoms with van der Waals surface area (Å²) in [4.78, 5) is 3.95. The molecule has 7 nitrogen and oxygen atoms in total. The van der Waals surface area contributed by atoms with Crippen molar-refractivity contribution < 1.29 is 8.42 Å². The Morgan fingerprint density at radius 2 is 2.22 bits per heavy atom. The zero-order valence-corrected chi connectivity index (χ0v) is 10.5. The lowest BCUT2D eigenvalue weighted by Gasteiger charge is -2.11. The molecule has 2 aromatic heterocycles. The highest BCUT2D eigenvalue weighted by molar-refractivity contribution is 7.92. The van der Waals surface area contributed by atoms with E-state index in [1.54, 1.807) is 6.07 Å². The quantitative estimate of drug-likeness (QED) is 0.751. The number of aromatic amines is 1. The molecule has 0 aromatic carbocycles. The van der Waals surface area contributed by atoms with E-state index in [-0.39, 0.29) is 4.90 Å². The normalized spacial score (nSPS) is 11.2. The number of hydrogen-bond donors (Lipinski definition) is 3. The van der Waals surface area contributed by atoms with E-state index < -0.39 is 10.0 Å². The van der Waals surface area contributed by atoms with E-state index in [0.29, 0.717) is 17.9 Å².